The van der Waals surface area contributed by atoms with Gasteiger partial charge >= 0.3 is 5.97 Å². The highest BCUT2D eigenvalue weighted by atomic mass is 16.5. The largest absolute Gasteiger partial charge is 0.493 e. The minimum Gasteiger partial charge on any atom is -0.493 e. The molecule has 1 unspecified atom stereocenters. The van der Waals surface area contributed by atoms with Crippen LogP contribution in [0, 0.1) is 6.92 Å². The standard InChI is InChI=1S/C28H28N2O4/c1-20-25(30-27(34-20)23-11-7-4-8-12-23)17-18-33-24-15-13-21(14-16-24)19-29-26(28(31)32-2)22-9-5-3-6-10-22/h3-16,26,29H,17-19H2,1-2H3. The molecule has 6 heteroatoms. The second kappa shape index (κ2) is 11.3. The molecule has 34 heavy (non-hydrogen) atoms. The molecule has 0 radical (unpaired) electrons. The van der Waals surface area contributed by atoms with Crippen molar-refractivity contribution in [1.29, 1.82) is 0 Å². The highest BCUT2D eigenvalue weighted by Gasteiger charge is 2.20. The van der Waals surface area contributed by atoms with Crippen molar-refractivity contribution in [3.8, 4) is 17.2 Å². The van der Waals surface area contributed by atoms with Crippen LogP contribution in [0.2, 0.25) is 0 Å². The fourth-order valence-corrected chi connectivity index (χ4v) is 3.65. The molecule has 0 aliphatic rings. The average molecular weight is 457 g/mol. The number of methoxy groups -OCH3 is 1. The van der Waals surface area contributed by atoms with E-state index >= 15 is 0 Å². The highest BCUT2D eigenvalue weighted by Crippen LogP contribution is 2.22. The van der Waals surface area contributed by atoms with E-state index in [2.05, 4.69) is 10.3 Å². The van der Waals surface area contributed by atoms with E-state index in [0.29, 0.717) is 25.5 Å². The number of carbonyl (C=O) groups excluding carboxylic acids is 1. The molecule has 0 aliphatic heterocycles. The van der Waals surface area contributed by atoms with Gasteiger partial charge in [0, 0.05) is 18.5 Å². The number of hydrogen-bond donors (Lipinski definition) is 1. The van der Waals surface area contributed by atoms with Crippen molar-refractivity contribution >= 4 is 5.97 Å². The zero-order valence-corrected chi connectivity index (χ0v) is 19.4. The van der Waals surface area contributed by atoms with Crippen LogP contribution >= 0.6 is 0 Å². The molecular formula is C28H28N2O4. The van der Waals surface area contributed by atoms with Crippen molar-refractivity contribution in [2.45, 2.75) is 25.9 Å². The fraction of sp³-hybridized carbons (Fsp3) is 0.214. The molecule has 0 fully saturated rings. The molecule has 0 amide bonds. The van der Waals surface area contributed by atoms with Gasteiger partial charge in [-0.1, -0.05) is 60.7 Å². The summed E-state index contributed by atoms with van der Waals surface area (Å²) in [5.41, 5.74) is 3.77. The van der Waals surface area contributed by atoms with Gasteiger partial charge in [0.05, 0.1) is 19.4 Å². The van der Waals surface area contributed by atoms with Gasteiger partial charge in [-0.15, -0.1) is 0 Å². The van der Waals surface area contributed by atoms with Crippen LogP contribution in [0.3, 0.4) is 0 Å². The van der Waals surface area contributed by atoms with Crippen LogP contribution in [0.5, 0.6) is 5.75 Å². The van der Waals surface area contributed by atoms with Crippen molar-refractivity contribution in [2.75, 3.05) is 13.7 Å². The first-order valence-electron chi connectivity index (χ1n) is 11.2. The molecule has 6 nitrogen and oxygen atoms in total. The third-order valence-corrected chi connectivity index (χ3v) is 5.52. The molecule has 1 aromatic heterocycles. The molecule has 4 rings (SSSR count). The van der Waals surface area contributed by atoms with E-state index in [1.807, 2.05) is 91.9 Å². The number of carbonyl (C=O) groups is 1. The molecule has 4 aromatic rings. The highest BCUT2D eigenvalue weighted by molar-refractivity contribution is 5.77. The Kier molecular flexibility index (Phi) is 7.73. The summed E-state index contributed by atoms with van der Waals surface area (Å²) in [6, 6.07) is 26.7. The number of oxazole rings is 1. The van der Waals surface area contributed by atoms with Gasteiger partial charge in [-0.05, 0) is 42.3 Å². The van der Waals surface area contributed by atoms with Crippen LogP contribution in [0.15, 0.2) is 89.3 Å². The number of nitrogens with one attached hydrogen (secondary N) is 1. The van der Waals surface area contributed by atoms with Crippen LogP contribution in [0.4, 0.5) is 0 Å². The lowest BCUT2D eigenvalue weighted by Crippen LogP contribution is -2.29. The van der Waals surface area contributed by atoms with Gasteiger partial charge in [0.1, 0.15) is 17.6 Å². The van der Waals surface area contributed by atoms with E-state index in [0.717, 1.165) is 33.9 Å². The summed E-state index contributed by atoms with van der Waals surface area (Å²) >= 11 is 0. The normalized spacial score (nSPS) is 11.7. The molecule has 1 atom stereocenters. The molecule has 174 valence electrons. The van der Waals surface area contributed by atoms with Gasteiger partial charge in [0.25, 0.3) is 0 Å². The summed E-state index contributed by atoms with van der Waals surface area (Å²) in [4.78, 5) is 16.8. The molecule has 0 saturated carbocycles. The summed E-state index contributed by atoms with van der Waals surface area (Å²) in [5, 5.41) is 3.28. The maximum Gasteiger partial charge on any atom is 0.327 e. The fourth-order valence-electron chi connectivity index (χ4n) is 3.65. The number of benzene rings is 3. The number of nitrogens with zero attached hydrogens (tertiary/aromatic N) is 1. The molecule has 0 spiro atoms. The Balaban J connectivity index is 1.29. The smallest absolute Gasteiger partial charge is 0.327 e. The Hall–Kier alpha value is -3.90. The first-order valence-corrected chi connectivity index (χ1v) is 11.2. The van der Waals surface area contributed by atoms with Crippen molar-refractivity contribution in [3.05, 3.63) is 108 Å². The average Bonchev–Trinajstić information content (AvgIpc) is 3.26. The number of ether oxygens (including phenoxy) is 2. The van der Waals surface area contributed by atoms with Crippen LogP contribution in [0.1, 0.15) is 28.6 Å². The predicted molar refractivity (Wildman–Crippen MR) is 130 cm³/mol. The van der Waals surface area contributed by atoms with Gasteiger partial charge in [0.2, 0.25) is 5.89 Å². The maximum absolute atomic E-state index is 12.2. The van der Waals surface area contributed by atoms with E-state index < -0.39 is 6.04 Å². The summed E-state index contributed by atoms with van der Waals surface area (Å²) in [5.74, 6) is 1.90. The summed E-state index contributed by atoms with van der Waals surface area (Å²) in [7, 11) is 1.40. The minimum atomic E-state index is -0.520. The van der Waals surface area contributed by atoms with Crippen LogP contribution in [-0.2, 0) is 22.5 Å². The number of aromatic nitrogens is 1. The molecule has 0 saturated heterocycles. The van der Waals surface area contributed by atoms with E-state index in [4.69, 9.17) is 13.9 Å². The van der Waals surface area contributed by atoms with E-state index in [-0.39, 0.29) is 5.97 Å². The van der Waals surface area contributed by atoms with E-state index in [9.17, 15) is 4.79 Å². The van der Waals surface area contributed by atoms with Gasteiger partial charge in [0.15, 0.2) is 0 Å². The van der Waals surface area contributed by atoms with Gasteiger partial charge in [-0.25, -0.2) is 9.78 Å². The van der Waals surface area contributed by atoms with E-state index in [1.165, 1.54) is 7.11 Å². The van der Waals surface area contributed by atoms with Crippen LogP contribution in [-0.4, -0.2) is 24.7 Å². The molecule has 0 bridgehead atoms. The second-order valence-corrected chi connectivity index (χ2v) is 7.88. The quantitative estimate of drug-likeness (QED) is 0.328. The van der Waals surface area contributed by atoms with Crippen LogP contribution < -0.4 is 10.1 Å². The Morgan fingerprint density at radius 3 is 2.32 bits per heavy atom. The van der Waals surface area contributed by atoms with Gasteiger partial charge in [-0.3, -0.25) is 5.32 Å². The summed E-state index contributed by atoms with van der Waals surface area (Å²) < 4.78 is 16.7. The van der Waals surface area contributed by atoms with Crippen molar-refractivity contribution in [3.63, 3.8) is 0 Å². The molecule has 1 N–H and O–H groups in total. The lowest BCUT2D eigenvalue weighted by Gasteiger charge is -2.17. The topological polar surface area (TPSA) is 73.6 Å². The first kappa shape index (κ1) is 23.3. The van der Waals surface area contributed by atoms with Crippen LogP contribution in [0.25, 0.3) is 11.5 Å². The summed E-state index contributed by atoms with van der Waals surface area (Å²) in [6.07, 6.45) is 0.656. The second-order valence-electron chi connectivity index (χ2n) is 7.88. The monoisotopic (exact) mass is 456 g/mol. The lowest BCUT2D eigenvalue weighted by molar-refractivity contribution is -0.143. The minimum absolute atomic E-state index is 0.315. The Morgan fingerprint density at radius 2 is 1.65 bits per heavy atom. The number of aryl methyl sites for hydroxylation is 1. The SMILES string of the molecule is COC(=O)C(NCc1ccc(OCCc2nc(-c3ccccc3)oc2C)cc1)c1ccccc1. The maximum atomic E-state index is 12.2. The Bertz CT molecular complexity index is 1190. The molecule has 0 aliphatic carbocycles. The third kappa shape index (κ3) is 5.91. The number of hydrogen-bond acceptors (Lipinski definition) is 6. The van der Waals surface area contributed by atoms with Crippen molar-refractivity contribution in [2.24, 2.45) is 0 Å². The van der Waals surface area contributed by atoms with E-state index in [1.54, 1.807) is 0 Å². The number of esters is 1. The molecule has 3 aromatic carbocycles. The first-order chi connectivity index (χ1) is 16.6. The zero-order chi connectivity index (χ0) is 23.8. The predicted octanol–water partition coefficient (Wildman–Crippen LogP) is 5.28. The molecular weight excluding hydrogens is 428 g/mol. The van der Waals surface area contributed by atoms with Crippen molar-refractivity contribution in [1.82, 2.24) is 10.3 Å². The Labute approximate surface area is 199 Å². The lowest BCUT2D eigenvalue weighted by atomic mass is 10.1. The Morgan fingerprint density at radius 1 is 0.971 bits per heavy atom. The van der Waals surface area contributed by atoms with Crippen molar-refractivity contribution < 1.29 is 18.7 Å². The third-order valence-electron chi connectivity index (χ3n) is 5.52. The van der Waals surface area contributed by atoms with Gasteiger partial charge < -0.3 is 13.9 Å². The number of rotatable bonds is 10. The summed E-state index contributed by atoms with van der Waals surface area (Å²) in [6.45, 7) is 2.95. The zero-order valence-electron chi connectivity index (χ0n) is 19.4. The van der Waals surface area contributed by atoms with Gasteiger partial charge in [-0.2, -0.15) is 0 Å². The molecule has 1 heterocycles.